The first-order valence-corrected chi connectivity index (χ1v) is 5.77. The van der Waals surface area contributed by atoms with Gasteiger partial charge in [-0.1, -0.05) is 0 Å². The lowest BCUT2D eigenvalue weighted by Gasteiger charge is -2.25. The number of rotatable bonds is 4. The average Bonchev–Trinajstić information content (AvgIpc) is 2.19. The number of thiocarbonyl (C=S) groups is 1. The Hall–Kier alpha value is -0.390. The van der Waals surface area contributed by atoms with Crippen molar-refractivity contribution in [3.63, 3.8) is 0 Å². The summed E-state index contributed by atoms with van der Waals surface area (Å²) in [5, 5.41) is 7.11. The third kappa shape index (κ3) is 5.30. The maximum Gasteiger partial charge on any atom is 0.166 e. The average molecular weight is 232 g/mol. The van der Waals surface area contributed by atoms with Crippen LogP contribution in [-0.4, -0.2) is 44.1 Å². The van der Waals surface area contributed by atoms with E-state index >= 15 is 0 Å². The van der Waals surface area contributed by atoms with E-state index in [0.29, 0.717) is 17.8 Å². The SMILES string of the molecule is COCC(C)NC(=S)NC1CCCOC1. The largest absolute Gasteiger partial charge is 0.383 e. The highest BCUT2D eigenvalue weighted by Gasteiger charge is 2.14. The van der Waals surface area contributed by atoms with Gasteiger partial charge in [0.05, 0.1) is 19.3 Å². The van der Waals surface area contributed by atoms with Crippen LogP contribution < -0.4 is 10.6 Å². The first-order valence-electron chi connectivity index (χ1n) is 5.36. The molecule has 1 saturated heterocycles. The molecule has 5 heteroatoms. The quantitative estimate of drug-likeness (QED) is 0.697. The number of nitrogens with one attached hydrogen (secondary N) is 2. The van der Waals surface area contributed by atoms with Gasteiger partial charge >= 0.3 is 0 Å². The maximum atomic E-state index is 5.36. The summed E-state index contributed by atoms with van der Waals surface area (Å²) in [5.41, 5.74) is 0. The molecule has 1 aliphatic heterocycles. The highest BCUT2D eigenvalue weighted by molar-refractivity contribution is 7.80. The van der Waals surface area contributed by atoms with E-state index in [1.807, 2.05) is 6.92 Å². The minimum atomic E-state index is 0.236. The van der Waals surface area contributed by atoms with E-state index in [4.69, 9.17) is 21.7 Å². The summed E-state index contributed by atoms with van der Waals surface area (Å²) in [6, 6.07) is 0.591. The summed E-state index contributed by atoms with van der Waals surface area (Å²) in [6.07, 6.45) is 2.23. The molecule has 4 nitrogen and oxygen atoms in total. The molecule has 0 saturated carbocycles. The van der Waals surface area contributed by atoms with Crippen LogP contribution in [0, 0.1) is 0 Å². The van der Waals surface area contributed by atoms with Crippen LogP contribution in [0.5, 0.6) is 0 Å². The first kappa shape index (κ1) is 12.7. The van der Waals surface area contributed by atoms with Gasteiger partial charge in [0.25, 0.3) is 0 Å². The van der Waals surface area contributed by atoms with Crippen molar-refractivity contribution < 1.29 is 9.47 Å². The van der Waals surface area contributed by atoms with Gasteiger partial charge in [0, 0.05) is 19.8 Å². The van der Waals surface area contributed by atoms with Crippen molar-refractivity contribution in [3.05, 3.63) is 0 Å². The minimum Gasteiger partial charge on any atom is -0.383 e. The Labute approximate surface area is 96.7 Å². The van der Waals surface area contributed by atoms with Gasteiger partial charge in [-0.3, -0.25) is 0 Å². The fourth-order valence-corrected chi connectivity index (χ4v) is 1.96. The molecule has 0 aromatic rings. The first-order chi connectivity index (χ1) is 7.22. The molecule has 1 rings (SSSR count). The minimum absolute atomic E-state index is 0.236. The second kappa shape index (κ2) is 6.98. The van der Waals surface area contributed by atoms with Gasteiger partial charge in [-0.15, -0.1) is 0 Å². The van der Waals surface area contributed by atoms with E-state index in [1.54, 1.807) is 7.11 Å². The highest BCUT2D eigenvalue weighted by Crippen LogP contribution is 2.05. The van der Waals surface area contributed by atoms with E-state index < -0.39 is 0 Å². The third-order valence-electron chi connectivity index (χ3n) is 2.29. The number of hydrogen-bond donors (Lipinski definition) is 2. The lowest BCUT2D eigenvalue weighted by molar-refractivity contribution is 0.0762. The Morgan fingerprint density at radius 2 is 2.47 bits per heavy atom. The number of methoxy groups -OCH3 is 1. The molecule has 0 aliphatic carbocycles. The van der Waals surface area contributed by atoms with Crippen molar-refractivity contribution in [3.8, 4) is 0 Å². The van der Waals surface area contributed by atoms with Gasteiger partial charge < -0.3 is 20.1 Å². The number of hydrogen-bond acceptors (Lipinski definition) is 3. The molecule has 2 N–H and O–H groups in total. The molecule has 2 unspecified atom stereocenters. The van der Waals surface area contributed by atoms with Crippen molar-refractivity contribution in [1.29, 1.82) is 0 Å². The van der Waals surface area contributed by atoms with Crippen LogP contribution in [0.4, 0.5) is 0 Å². The molecule has 1 aliphatic rings. The topological polar surface area (TPSA) is 42.5 Å². The lowest BCUT2D eigenvalue weighted by atomic mass is 10.1. The van der Waals surface area contributed by atoms with Crippen molar-refractivity contribution in [2.75, 3.05) is 26.9 Å². The number of ether oxygens (including phenoxy) is 2. The maximum absolute atomic E-state index is 5.36. The highest BCUT2D eigenvalue weighted by atomic mass is 32.1. The zero-order valence-electron chi connectivity index (χ0n) is 9.41. The molecule has 15 heavy (non-hydrogen) atoms. The summed E-state index contributed by atoms with van der Waals surface area (Å²) >= 11 is 5.19. The van der Waals surface area contributed by atoms with Crippen molar-refractivity contribution in [1.82, 2.24) is 10.6 Å². The Morgan fingerprint density at radius 3 is 3.07 bits per heavy atom. The molecule has 0 aromatic heterocycles. The molecule has 0 bridgehead atoms. The molecule has 2 atom stereocenters. The van der Waals surface area contributed by atoms with E-state index in [9.17, 15) is 0 Å². The van der Waals surface area contributed by atoms with Crippen LogP contribution >= 0.6 is 12.2 Å². The van der Waals surface area contributed by atoms with Gasteiger partial charge in [-0.05, 0) is 32.0 Å². The van der Waals surface area contributed by atoms with Crippen LogP contribution in [0.3, 0.4) is 0 Å². The smallest absolute Gasteiger partial charge is 0.166 e. The fraction of sp³-hybridized carbons (Fsp3) is 0.900. The van der Waals surface area contributed by atoms with Gasteiger partial charge in [-0.2, -0.15) is 0 Å². The molecule has 0 spiro atoms. The van der Waals surface area contributed by atoms with Crippen LogP contribution in [0.1, 0.15) is 19.8 Å². The Kier molecular flexibility index (Phi) is 5.90. The van der Waals surface area contributed by atoms with E-state index in [0.717, 1.165) is 26.1 Å². The Bertz CT molecular complexity index is 196. The van der Waals surface area contributed by atoms with Crippen LogP contribution in [0.25, 0.3) is 0 Å². The molecular formula is C10H20N2O2S. The summed E-state index contributed by atoms with van der Waals surface area (Å²) in [6.45, 7) is 4.32. The van der Waals surface area contributed by atoms with E-state index in [-0.39, 0.29) is 6.04 Å². The zero-order valence-corrected chi connectivity index (χ0v) is 10.2. The van der Waals surface area contributed by atoms with Gasteiger partial charge in [-0.25, -0.2) is 0 Å². The van der Waals surface area contributed by atoms with Crippen molar-refractivity contribution in [2.24, 2.45) is 0 Å². The molecule has 88 valence electrons. The van der Waals surface area contributed by atoms with Gasteiger partial charge in [0.15, 0.2) is 5.11 Å². The van der Waals surface area contributed by atoms with Gasteiger partial charge in [0.1, 0.15) is 0 Å². The Balaban J connectivity index is 2.16. The molecule has 1 heterocycles. The second-order valence-electron chi connectivity index (χ2n) is 3.89. The van der Waals surface area contributed by atoms with Crippen LogP contribution in [0.2, 0.25) is 0 Å². The van der Waals surface area contributed by atoms with Crippen molar-refractivity contribution >= 4 is 17.3 Å². The van der Waals surface area contributed by atoms with Gasteiger partial charge in [0.2, 0.25) is 0 Å². The van der Waals surface area contributed by atoms with Crippen LogP contribution in [-0.2, 0) is 9.47 Å². The molecule has 0 radical (unpaired) electrons. The summed E-state index contributed by atoms with van der Waals surface area (Å²) in [7, 11) is 1.68. The summed E-state index contributed by atoms with van der Waals surface area (Å²) in [5.74, 6) is 0. The van der Waals surface area contributed by atoms with E-state index in [1.165, 1.54) is 0 Å². The monoisotopic (exact) mass is 232 g/mol. The van der Waals surface area contributed by atoms with E-state index in [2.05, 4.69) is 10.6 Å². The lowest BCUT2D eigenvalue weighted by Crippen LogP contribution is -2.48. The molecule has 0 amide bonds. The Morgan fingerprint density at radius 1 is 1.67 bits per heavy atom. The second-order valence-corrected chi connectivity index (χ2v) is 4.30. The molecule has 0 aromatic carbocycles. The summed E-state index contributed by atoms with van der Waals surface area (Å²) < 4.78 is 10.4. The zero-order chi connectivity index (χ0) is 11.1. The standard InChI is InChI=1S/C10H20N2O2S/c1-8(6-13-2)11-10(15)12-9-4-3-5-14-7-9/h8-9H,3-7H2,1-2H3,(H2,11,12,15). The summed E-state index contributed by atoms with van der Waals surface area (Å²) in [4.78, 5) is 0. The normalized spacial score (nSPS) is 23.2. The fourth-order valence-electron chi connectivity index (χ4n) is 1.60. The molecular weight excluding hydrogens is 212 g/mol. The third-order valence-corrected chi connectivity index (χ3v) is 2.53. The predicted molar refractivity (Wildman–Crippen MR) is 64.0 cm³/mol. The molecule has 1 fully saturated rings. The van der Waals surface area contributed by atoms with Crippen molar-refractivity contribution in [2.45, 2.75) is 31.8 Å². The predicted octanol–water partition coefficient (Wildman–Crippen LogP) is 0.664. The van der Waals surface area contributed by atoms with Crippen LogP contribution in [0.15, 0.2) is 0 Å².